The van der Waals surface area contributed by atoms with Crippen LogP contribution in [0.5, 0.6) is 5.75 Å². The molecular weight excluding hydrogens is 517 g/mol. The molecule has 0 spiro atoms. The molecule has 0 saturated heterocycles. The first-order valence-corrected chi connectivity index (χ1v) is 12.0. The molecule has 4 rings (SSSR count). The van der Waals surface area contributed by atoms with E-state index in [1.54, 1.807) is 30.5 Å². The molecule has 3 aromatic rings. The molecular formula is C25H27BrFN5O3. The summed E-state index contributed by atoms with van der Waals surface area (Å²) in [4.78, 5) is 25.6. The van der Waals surface area contributed by atoms with Crippen LogP contribution in [0.15, 0.2) is 57.8 Å². The van der Waals surface area contributed by atoms with Gasteiger partial charge in [0, 0.05) is 11.8 Å². The second kappa shape index (κ2) is 9.87. The lowest BCUT2D eigenvalue weighted by atomic mass is 9.93. The summed E-state index contributed by atoms with van der Waals surface area (Å²) < 4.78 is 21.5. The van der Waals surface area contributed by atoms with Crippen LogP contribution in [0.4, 0.5) is 4.39 Å². The van der Waals surface area contributed by atoms with Crippen molar-refractivity contribution in [3.63, 3.8) is 0 Å². The van der Waals surface area contributed by atoms with Crippen LogP contribution in [0.25, 0.3) is 0 Å². The van der Waals surface area contributed by atoms with E-state index in [0.29, 0.717) is 23.6 Å². The largest absolute Gasteiger partial charge is 0.486 e. The summed E-state index contributed by atoms with van der Waals surface area (Å²) >= 11 is 3.38. The van der Waals surface area contributed by atoms with Crippen LogP contribution in [0.2, 0.25) is 0 Å². The maximum absolute atomic E-state index is 13.9. The van der Waals surface area contributed by atoms with Gasteiger partial charge in [-0.3, -0.25) is 9.78 Å². The van der Waals surface area contributed by atoms with Gasteiger partial charge in [0.1, 0.15) is 34.5 Å². The smallest absolute Gasteiger partial charge is 0.269 e. The number of hydrogen-bond donors (Lipinski definition) is 2. The number of halogens is 2. The van der Waals surface area contributed by atoms with E-state index >= 15 is 0 Å². The molecule has 184 valence electrons. The SMILES string of the molecule is CC1=CN[C@@H](c2cccc(C(C)(C)O)n2)C[C@H]1n1c(C)cc(OCc2ncncc2F)c(Br)c1=O. The van der Waals surface area contributed by atoms with Gasteiger partial charge in [0.25, 0.3) is 5.56 Å². The van der Waals surface area contributed by atoms with Crippen molar-refractivity contribution in [2.45, 2.75) is 58.4 Å². The average molecular weight is 544 g/mol. The topological polar surface area (TPSA) is 102 Å². The number of pyridine rings is 2. The third kappa shape index (κ3) is 5.28. The van der Waals surface area contributed by atoms with Crippen molar-refractivity contribution in [3.8, 4) is 5.75 Å². The minimum absolute atomic E-state index is 0.106. The van der Waals surface area contributed by atoms with E-state index in [1.807, 2.05) is 32.2 Å². The van der Waals surface area contributed by atoms with Gasteiger partial charge in [0.15, 0.2) is 5.82 Å². The zero-order valence-corrected chi connectivity index (χ0v) is 21.5. The van der Waals surface area contributed by atoms with Gasteiger partial charge < -0.3 is 19.7 Å². The number of ether oxygens (including phenoxy) is 1. The molecule has 1 aliphatic rings. The van der Waals surface area contributed by atoms with Crippen LogP contribution < -0.4 is 15.6 Å². The zero-order chi connectivity index (χ0) is 25.3. The molecule has 3 aromatic heterocycles. The average Bonchev–Trinajstić information content (AvgIpc) is 2.82. The van der Waals surface area contributed by atoms with E-state index < -0.39 is 11.4 Å². The fraction of sp³-hybridized carbons (Fsp3) is 0.360. The third-order valence-corrected chi connectivity index (χ3v) is 6.74. The molecule has 0 aliphatic carbocycles. The molecule has 8 nitrogen and oxygen atoms in total. The van der Waals surface area contributed by atoms with Crippen LogP contribution in [0.1, 0.15) is 62.1 Å². The molecule has 0 fully saturated rings. The number of allylic oxidation sites excluding steroid dienone is 1. The number of nitrogens with one attached hydrogen (secondary N) is 1. The fourth-order valence-electron chi connectivity index (χ4n) is 4.08. The molecule has 1 aliphatic heterocycles. The van der Waals surface area contributed by atoms with Crippen LogP contribution in [0.3, 0.4) is 0 Å². The predicted molar refractivity (Wildman–Crippen MR) is 132 cm³/mol. The van der Waals surface area contributed by atoms with Gasteiger partial charge in [-0.1, -0.05) is 6.07 Å². The Bertz CT molecular complexity index is 1340. The Morgan fingerprint density at radius 3 is 2.83 bits per heavy atom. The summed E-state index contributed by atoms with van der Waals surface area (Å²) in [5.41, 5.74) is 1.86. The molecule has 0 aromatic carbocycles. The lowest BCUT2D eigenvalue weighted by Crippen LogP contribution is -2.35. The highest BCUT2D eigenvalue weighted by atomic mass is 79.9. The first-order valence-electron chi connectivity index (χ1n) is 11.2. The van der Waals surface area contributed by atoms with Crippen molar-refractivity contribution in [1.82, 2.24) is 24.8 Å². The summed E-state index contributed by atoms with van der Waals surface area (Å²) in [6.07, 6.45) is 4.80. The Hall–Kier alpha value is -3.11. The van der Waals surface area contributed by atoms with Gasteiger partial charge in [0.2, 0.25) is 0 Å². The Morgan fingerprint density at radius 1 is 1.34 bits per heavy atom. The van der Waals surface area contributed by atoms with Crippen LogP contribution in [-0.4, -0.2) is 24.6 Å². The number of aryl methyl sites for hydroxylation is 1. The van der Waals surface area contributed by atoms with Crippen molar-refractivity contribution in [3.05, 3.63) is 92.0 Å². The maximum Gasteiger partial charge on any atom is 0.269 e. The molecule has 10 heteroatoms. The monoisotopic (exact) mass is 543 g/mol. The molecule has 0 unspecified atom stereocenters. The Morgan fingerprint density at radius 2 is 2.11 bits per heavy atom. The number of nitrogens with zero attached hydrogens (tertiary/aromatic N) is 4. The van der Waals surface area contributed by atoms with E-state index in [2.05, 4.69) is 36.2 Å². The lowest BCUT2D eigenvalue weighted by Gasteiger charge is -2.32. The summed E-state index contributed by atoms with van der Waals surface area (Å²) in [6.45, 7) is 7.07. The standard InChI is InChI=1S/C25H27BrFN5O3/c1-14-10-29-18(17-6-5-7-22(31-17)25(3,4)34)9-20(14)32-15(2)8-21(23(26)24(32)33)35-12-19-16(27)11-28-13-30-19/h5-8,10-11,13,18,20,29,34H,9,12H2,1-4H3/t18-,20-/m1/s1. The normalized spacial score (nSPS) is 18.1. The molecule has 0 amide bonds. The highest BCUT2D eigenvalue weighted by Gasteiger charge is 2.29. The third-order valence-electron chi connectivity index (χ3n) is 6.01. The first-order chi connectivity index (χ1) is 16.6. The van der Waals surface area contributed by atoms with Gasteiger partial charge in [-0.25, -0.2) is 14.4 Å². The molecule has 4 heterocycles. The van der Waals surface area contributed by atoms with Crippen LogP contribution in [-0.2, 0) is 12.2 Å². The number of aromatic nitrogens is 4. The predicted octanol–water partition coefficient (Wildman–Crippen LogP) is 4.23. The minimum Gasteiger partial charge on any atom is -0.486 e. The van der Waals surface area contributed by atoms with Crippen molar-refractivity contribution in [1.29, 1.82) is 0 Å². The first kappa shape index (κ1) is 25.0. The van der Waals surface area contributed by atoms with Gasteiger partial charge in [-0.05, 0) is 74.0 Å². The number of rotatable bonds is 6. The van der Waals surface area contributed by atoms with Crippen molar-refractivity contribution in [2.75, 3.05) is 0 Å². The Kier molecular flexibility index (Phi) is 7.05. The molecule has 2 N–H and O–H groups in total. The van der Waals surface area contributed by atoms with E-state index in [-0.39, 0.29) is 34.4 Å². The van der Waals surface area contributed by atoms with Crippen molar-refractivity contribution >= 4 is 15.9 Å². The molecule has 0 radical (unpaired) electrons. The van der Waals surface area contributed by atoms with Gasteiger partial charge in [0.05, 0.1) is 29.7 Å². The van der Waals surface area contributed by atoms with E-state index in [9.17, 15) is 14.3 Å². The van der Waals surface area contributed by atoms with E-state index in [1.165, 1.54) is 6.33 Å². The van der Waals surface area contributed by atoms with Crippen molar-refractivity contribution in [2.24, 2.45) is 0 Å². The number of aliphatic hydroxyl groups is 1. The minimum atomic E-state index is -1.06. The van der Waals surface area contributed by atoms with Gasteiger partial charge in [-0.15, -0.1) is 0 Å². The Labute approximate surface area is 211 Å². The van der Waals surface area contributed by atoms with Gasteiger partial charge >= 0.3 is 0 Å². The molecule has 0 bridgehead atoms. The summed E-state index contributed by atoms with van der Waals surface area (Å²) in [7, 11) is 0. The summed E-state index contributed by atoms with van der Waals surface area (Å²) in [5, 5.41) is 13.7. The highest BCUT2D eigenvalue weighted by Crippen LogP contribution is 2.35. The lowest BCUT2D eigenvalue weighted by molar-refractivity contribution is 0.0735. The molecule has 0 saturated carbocycles. The fourth-order valence-corrected chi connectivity index (χ4v) is 4.50. The summed E-state index contributed by atoms with van der Waals surface area (Å²) in [6, 6.07) is 6.97. The molecule has 2 atom stereocenters. The second-order valence-electron chi connectivity index (χ2n) is 9.11. The van der Waals surface area contributed by atoms with Gasteiger partial charge in [-0.2, -0.15) is 0 Å². The number of hydrogen-bond acceptors (Lipinski definition) is 7. The Balaban J connectivity index is 1.62. The van der Waals surface area contributed by atoms with Crippen LogP contribution >= 0.6 is 15.9 Å². The van der Waals surface area contributed by atoms with E-state index in [0.717, 1.165) is 17.5 Å². The van der Waals surface area contributed by atoms with E-state index in [4.69, 9.17) is 4.74 Å². The molecule has 35 heavy (non-hydrogen) atoms. The summed E-state index contributed by atoms with van der Waals surface area (Å²) in [5.74, 6) is -0.258. The highest BCUT2D eigenvalue weighted by molar-refractivity contribution is 9.10. The second-order valence-corrected chi connectivity index (χ2v) is 9.90. The zero-order valence-electron chi connectivity index (χ0n) is 19.9. The van der Waals surface area contributed by atoms with Crippen LogP contribution in [0, 0.1) is 12.7 Å². The van der Waals surface area contributed by atoms with Crippen molar-refractivity contribution < 1.29 is 14.2 Å². The maximum atomic E-state index is 13.9. The quantitative estimate of drug-likeness (QED) is 0.479.